The minimum absolute atomic E-state index is 0.0502. The number of aliphatic hydroxyl groups excluding tert-OH is 1. The number of piperidine rings is 1. The third-order valence-electron chi connectivity index (χ3n) is 3.23. The zero-order valence-corrected chi connectivity index (χ0v) is 12.2. The second kappa shape index (κ2) is 6.24. The lowest BCUT2D eigenvalue weighted by Gasteiger charge is -2.32. The second-order valence-electron chi connectivity index (χ2n) is 4.51. The monoisotopic (exact) mass is 307 g/mol. The van der Waals surface area contributed by atoms with Gasteiger partial charge >= 0.3 is 0 Å². The first kappa shape index (κ1) is 14.1. The first-order valence-electron chi connectivity index (χ1n) is 5.96. The fourth-order valence-corrected chi connectivity index (χ4v) is 3.77. The fraction of sp³-hybridized carbons (Fsp3) is 0.583. The number of hydrogen-bond acceptors (Lipinski definition) is 3. The summed E-state index contributed by atoms with van der Waals surface area (Å²) in [5, 5.41) is 8.97. The minimum atomic E-state index is -0.0502. The Morgan fingerprint density at radius 1 is 1.56 bits per heavy atom. The zero-order chi connectivity index (χ0) is 13.1. The molecule has 0 bridgehead atoms. The van der Waals surface area contributed by atoms with Crippen molar-refractivity contribution < 1.29 is 9.90 Å². The number of amides is 1. The number of likely N-dealkylation sites (tertiary alicyclic amines) is 1. The Balaban J connectivity index is 2.06. The van der Waals surface area contributed by atoms with E-state index in [4.69, 9.17) is 28.3 Å². The molecule has 0 saturated carbocycles. The van der Waals surface area contributed by atoms with E-state index in [0.717, 1.165) is 25.8 Å². The van der Waals surface area contributed by atoms with Crippen LogP contribution in [0.5, 0.6) is 0 Å². The van der Waals surface area contributed by atoms with Gasteiger partial charge in [-0.25, -0.2) is 0 Å². The summed E-state index contributed by atoms with van der Waals surface area (Å²) in [7, 11) is 0. The van der Waals surface area contributed by atoms with Crippen LogP contribution in [0.4, 0.5) is 0 Å². The quantitative estimate of drug-likeness (QED) is 0.931. The number of carbonyl (C=O) groups is 1. The molecule has 6 heteroatoms. The predicted molar refractivity (Wildman–Crippen MR) is 74.7 cm³/mol. The molecule has 1 aromatic heterocycles. The van der Waals surface area contributed by atoms with Crippen LogP contribution in [0.15, 0.2) is 6.07 Å². The van der Waals surface area contributed by atoms with E-state index in [1.807, 2.05) is 4.90 Å². The summed E-state index contributed by atoms with van der Waals surface area (Å²) in [5.41, 5.74) is 0.497. The molecule has 1 atom stereocenters. The Kier molecular flexibility index (Phi) is 4.90. The molecule has 1 N–H and O–H groups in total. The van der Waals surface area contributed by atoms with E-state index in [9.17, 15) is 4.79 Å². The zero-order valence-electron chi connectivity index (χ0n) is 9.86. The van der Waals surface area contributed by atoms with Crippen LogP contribution in [0.3, 0.4) is 0 Å². The maximum Gasteiger partial charge on any atom is 0.256 e. The van der Waals surface area contributed by atoms with Crippen LogP contribution in [0.2, 0.25) is 8.67 Å². The van der Waals surface area contributed by atoms with Crippen molar-refractivity contribution in [2.24, 2.45) is 5.92 Å². The van der Waals surface area contributed by atoms with Gasteiger partial charge in [-0.15, -0.1) is 11.3 Å². The lowest BCUT2D eigenvalue weighted by Crippen LogP contribution is -2.40. The van der Waals surface area contributed by atoms with E-state index in [1.54, 1.807) is 6.07 Å². The number of rotatable bonds is 3. The maximum atomic E-state index is 12.3. The van der Waals surface area contributed by atoms with E-state index in [-0.39, 0.29) is 12.5 Å². The van der Waals surface area contributed by atoms with Gasteiger partial charge in [0.15, 0.2) is 0 Å². The highest BCUT2D eigenvalue weighted by atomic mass is 35.5. The molecular weight excluding hydrogens is 293 g/mol. The van der Waals surface area contributed by atoms with Crippen molar-refractivity contribution in [1.82, 2.24) is 4.90 Å². The van der Waals surface area contributed by atoms with Crippen molar-refractivity contribution in [3.8, 4) is 0 Å². The van der Waals surface area contributed by atoms with Crippen LogP contribution in [-0.4, -0.2) is 35.6 Å². The minimum Gasteiger partial charge on any atom is -0.396 e. The predicted octanol–water partition coefficient (Wildman–Crippen LogP) is 3.29. The van der Waals surface area contributed by atoms with Crippen molar-refractivity contribution in [2.45, 2.75) is 19.3 Å². The van der Waals surface area contributed by atoms with Crippen molar-refractivity contribution in [3.63, 3.8) is 0 Å². The molecule has 1 aliphatic rings. The third kappa shape index (κ3) is 3.18. The molecule has 2 rings (SSSR count). The molecule has 3 nitrogen and oxygen atoms in total. The van der Waals surface area contributed by atoms with Gasteiger partial charge in [0.25, 0.3) is 5.91 Å². The molecule has 1 saturated heterocycles. The van der Waals surface area contributed by atoms with Crippen molar-refractivity contribution in [3.05, 3.63) is 20.3 Å². The molecule has 0 aromatic carbocycles. The molecule has 1 fully saturated rings. The second-order valence-corrected chi connectivity index (χ2v) is 6.80. The lowest BCUT2D eigenvalue weighted by molar-refractivity contribution is 0.0654. The maximum absolute atomic E-state index is 12.3. The van der Waals surface area contributed by atoms with Crippen molar-refractivity contribution >= 4 is 40.4 Å². The topological polar surface area (TPSA) is 40.5 Å². The van der Waals surface area contributed by atoms with Gasteiger partial charge in [0.1, 0.15) is 4.34 Å². The summed E-state index contributed by atoms with van der Waals surface area (Å²) in [6.45, 7) is 1.63. The fourth-order valence-electron chi connectivity index (χ4n) is 2.32. The smallest absolute Gasteiger partial charge is 0.256 e. The Hall–Kier alpha value is -0.290. The molecule has 1 aliphatic heterocycles. The first-order chi connectivity index (χ1) is 8.61. The average molecular weight is 308 g/mol. The lowest BCUT2D eigenvalue weighted by atomic mass is 9.95. The molecule has 1 aromatic rings. The summed E-state index contributed by atoms with van der Waals surface area (Å²) in [4.78, 5) is 14.1. The van der Waals surface area contributed by atoms with E-state index in [1.165, 1.54) is 11.3 Å². The normalized spacial score (nSPS) is 20.2. The van der Waals surface area contributed by atoms with Crippen LogP contribution in [0, 0.1) is 5.92 Å². The molecule has 1 unspecified atom stereocenters. The molecule has 100 valence electrons. The van der Waals surface area contributed by atoms with Gasteiger partial charge in [-0.2, -0.15) is 0 Å². The van der Waals surface area contributed by atoms with Gasteiger partial charge in [0, 0.05) is 19.7 Å². The Morgan fingerprint density at radius 2 is 2.33 bits per heavy atom. The molecule has 2 heterocycles. The van der Waals surface area contributed by atoms with Gasteiger partial charge < -0.3 is 10.0 Å². The van der Waals surface area contributed by atoms with Crippen LogP contribution >= 0.6 is 34.5 Å². The molecule has 0 radical (unpaired) electrons. The number of hydrogen-bond donors (Lipinski definition) is 1. The summed E-state index contributed by atoms with van der Waals surface area (Å²) < 4.78 is 0.988. The SMILES string of the molecule is O=C(c1cc(Cl)sc1Cl)N1CCCC(CCO)C1. The van der Waals surface area contributed by atoms with Gasteiger partial charge in [0.05, 0.1) is 9.90 Å². The number of thiophene rings is 1. The number of nitrogens with zero attached hydrogens (tertiary/aromatic N) is 1. The van der Waals surface area contributed by atoms with Crippen LogP contribution in [-0.2, 0) is 0 Å². The highest BCUT2D eigenvalue weighted by molar-refractivity contribution is 7.20. The summed E-state index contributed by atoms with van der Waals surface area (Å²) in [5.74, 6) is 0.339. The first-order valence-corrected chi connectivity index (χ1v) is 7.54. The summed E-state index contributed by atoms with van der Waals surface area (Å²) in [6, 6.07) is 1.63. The van der Waals surface area contributed by atoms with E-state index in [0.29, 0.717) is 26.7 Å². The molecule has 0 aliphatic carbocycles. The number of halogens is 2. The van der Waals surface area contributed by atoms with Gasteiger partial charge in [-0.1, -0.05) is 23.2 Å². The molecule has 18 heavy (non-hydrogen) atoms. The van der Waals surface area contributed by atoms with Crippen LogP contribution < -0.4 is 0 Å². The summed E-state index contributed by atoms with van der Waals surface area (Å²) >= 11 is 13.1. The highest BCUT2D eigenvalue weighted by Crippen LogP contribution is 2.32. The van der Waals surface area contributed by atoms with Crippen molar-refractivity contribution in [2.75, 3.05) is 19.7 Å². The molecular formula is C12H15Cl2NO2S. The molecule has 1 amide bonds. The molecule has 0 spiro atoms. The third-order valence-corrected chi connectivity index (χ3v) is 4.72. The van der Waals surface area contributed by atoms with E-state index in [2.05, 4.69) is 0 Å². The van der Waals surface area contributed by atoms with Gasteiger partial charge in [-0.05, 0) is 31.2 Å². The Morgan fingerprint density at radius 3 is 2.94 bits per heavy atom. The number of aliphatic hydroxyl groups is 1. The van der Waals surface area contributed by atoms with Crippen molar-refractivity contribution in [1.29, 1.82) is 0 Å². The summed E-state index contributed by atoms with van der Waals surface area (Å²) in [6.07, 6.45) is 2.80. The largest absolute Gasteiger partial charge is 0.396 e. The van der Waals surface area contributed by atoms with E-state index < -0.39 is 0 Å². The standard InChI is InChI=1S/C12H15Cl2NO2S/c13-10-6-9(11(14)18-10)12(17)15-4-1-2-8(7-15)3-5-16/h6,8,16H,1-5,7H2. The van der Waals surface area contributed by atoms with Crippen LogP contribution in [0.25, 0.3) is 0 Å². The van der Waals surface area contributed by atoms with E-state index >= 15 is 0 Å². The number of carbonyl (C=O) groups excluding carboxylic acids is 1. The highest BCUT2D eigenvalue weighted by Gasteiger charge is 2.26. The average Bonchev–Trinajstić information content (AvgIpc) is 2.68. The van der Waals surface area contributed by atoms with Gasteiger partial charge in [-0.3, -0.25) is 4.79 Å². The Bertz CT molecular complexity index is 434. The Labute approximate surface area is 120 Å². The van der Waals surface area contributed by atoms with Gasteiger partial charge in [0.2, 0.25) is 0 Å². The van der Waals surface area contributed by atoms with Crippen LogP contribution in [0.1, 0.15) is 29.6 Å².